The van der Waals surface area contributed by atoms with Crippen molar-refractivity contribution in [1.29, 1.82) is 10.5 Å². The lowest BCUT2D eigenvalue weighted by molar-refractivity contribution is 0.494. The predicted molar refractivity (Wildman–Crippen MR) is 195 cm³/mol. The van der Waals surface area contributed by atoms with Crippen molar-refractivity contribution in [2.24, 2.45) is 23.7 Å². The maximum absolute atomic E-state index is 7.32. The molecule has 0 aromatic heterocycles. The molecule has 4 heteroatoms. The van der Waals surface area contributed by atoms with Gasteiger partial charge in [0, 0.05) is 13.8 Å². The van der Waals surface area contributed by atoms with Gasteiger partial charge in [-0.05, 0) is 92.7 Å². The number of nitrogens with zero attached hydrogens (tertiary/aromatic N) is 2. The minimum absolute atomic E-state index is 0.338. The summed E-state index contributed by atoms with van der Waals surface area (Å²) in [5.41, 5.74) is 0. The highest BCUT2D eigenvalue weighted by atomic mass is 31.1. The van der Waals surface area contributed by atoms with Crippen LogP contribution in [0.4, 0.5) is 0 Å². The summed E-state index contributed by atoms with van der Waals surface area (Å²) in [7, 11) is 0.676. The molecule has 0 spiro atoms. The van der Waals surface area contributed by atoms with Crippen LogP contribution in [0.1, 0.15) is 174 Å². The Morgan fingerprint density at radius 1 is 0.395 bits per heavy atom. The average Bonchev–Trinajstić information content (AvgIpc) is 3.82. The first-order chi connectivity index (χ1) is 21.2. The normalized spacial score (nSPS) is 19.8. The highest BCUT2D eigenvalue weighted by molar-refractivity contribution is 7.58. The van der Waals surface area contributed by atoms with Crippen LogP contribution < -0.4 is 0 Å². The van der Waals surface area contributed by atoms with E-state index in [1.807, 2.05) is 0 Å². The summed E-state index contributed by atoms with van der Waals surface area (Å²) in [4.78, 5) is 0. The minimum Gasteiger partial charge on any atom is -0.199 e. The zero-order valence-corrected chi connectivity index (χ0v) is 30.8. The molecule has 4 rings (SSSR count). The van der Waals surface area contributed by atoms with E-state index in [2.05, 4.69) is 0 Å². The molecule has 0 heterocycles. The largest absolute Gasteiger partial charge is 0.199 e. The van der Waals surface area contributed by atoms with Crippen LogP contribution in [0.5, 0.6) is 0 Å². The second-order valence-electron chi connectivity index (χ2n) is 14.7. The van der Waals surface area contributed by atoms with Gasteiger partial charge in [0.05, 0.1) is 12.1 Å². The zero-order chi connectivity index (χ0) is 30.8. The molecule has 0 aromatic rings. The van der Waals surface area contributed by atoms with Crippen LogP contribution in [0.25, 0.3) is 0 Å². The van der Waals surface area contributed by atoms with Crippen LogP contribution in [0.3, 0.4) is 0 Å². The Morgan fingerprint density at radius 3 is 0.791 bits per heavy atom. The summed E-state index contributed by atoms with van der Waals surface area (Å²) in [5, 5.41) is 14.6. The fourth-order valence-corrected chi connectivity index (χ4v) is 14.1. The third-order valence-electron chi connectivity index (χ3n) is 11.2. The molecule has 4 saturated carbocycles. The van der Waals surface area contributed by atoms with Crippen LogP contribution in [-0.4, -0.2) is 37.0 Å². The second-order valence-corrected chi connectivity index (χ2v) is 20.0. The van der Waals surface area contributed by atoms with E-state index in [1.165, 1.54) is 65.2 Å². The van der Waals surface area contributed by atoms with Gasteiger partial charge >= 0.3 is 0 Å². The van der Waals surface area contributed by atoms with Gasteiger partial charge in [-0.1, -0.05) is 128 Å². The van der Waals surface area contributed by atoms with Gasteiger partial charge in [-0.2, -0.15) is 10.5 Å². The van der Waals surface area contributed by atoms with E-state index in [0.717, 1.165) is 23.7 Å². The Morgan fingerprint density at radius 2 is 0.581 bits per heavy atom. The Kier molecular flexibility index (Phi) is 24.5. The molecule has 248 valence electrons. The summed E-state index contributed by atoms with van der Waals surface area (Å²) in [6.45, 7) is 2.86. The molecule has 0 saturated heterocycles. The molecule has 4 fully saturated rings. The lowest BCUT2D eigenvalue weighted by Gasteiger charge is -2.23. The maximum atomic E-state index is 7.32. The lowest BCUT2D eigenvalue weighted by Crippen LogP contribution is -2.04. The third kappa shape index (κ3) is 19.9. The van der Waals surface area contributed by atoms with Crippen LogP contribution in [-0.2, 0) is 0 Å². The molecule has 0 aliphatic heterocycles. The number of hydrogen-bond acceptors (Lipinski definition) is 2. The van der Waals surface area contributed by atoms with E-state index in [0.29, 0.717) is 15.8 Å². The molecule has 0 radical (unpaired) electrons. The van der Waals surface area contributed by atoms with E-state index < -0.39 is 0 Å². The molecule has 0 unspecified atom stereocenters. The monoisotopic (exact) mass is 631 g/mol. The molecule has 0 amide bonds. The number of nitriles is 2. The average molecular weight is 631 g/mol. The van der Waals surface area contributed by atoms with Gasteiger partial charge in [0.15, 0.2) is 0 Å². The molecule has 4 aliphatic carbocycles. The maximum Gasteiger partial charge on any atom is 0.0587 e. The van der Waals surface area contributed by atoms with E-state index >= 15 is 0 Å². The van der Waals surface area contributed by atoms with Crippen molar-refractivity contribution >= 4 is 15.8 Å². The van der Waals surface area contributed by atoms with Crippen LogP contribution in [0, 0.1) is 46.3 Å². The topological polar surface area (TPSA) is 47.6 Å². The van der Waals surface area contributed by atoms with Crippen molar-refractivity contribution in [3.8, 4) is 12.1 Å². The molecule has 0 N–H and O–H groups in total. The molecule has 0 bridgehead atoms. The quantitative estimate of drug-likeness (QED) is 0.126. The summed E-state index contributed by atoms with van der Waals surface area (Å²) in [6.07, 6.45) is 48.9. The van der Waals surface area contributed by atoms with E-state index in [1.54, 1.807) is 158 Å². The van der Waals surface area contributed by atoms with Crippen molar-refractivity contribution in [1.82, 2.24) is 0 Å². The standard InChI is InChI=1S/C35H66P2.2C2H3N/c1-2-15-32(14-1)22-9-26-36(27-10-23-33-16-3-4-17-33)30-13-31-37(28-11-24-34-18-5-6-19-34)29-12-25-35-20-7-8-21-35;2*1-2-3/h32-35H,1-31H2;2*1H3. The van der Waals surface area contributed by atoms with Crippen molar-refractivity contribution < 1.29 is 0 Å². The van der Waals surface area contributed by atoms with Gasteiger partial charge in [-0.15, -0.1) is 15.8 Å². The molecule has 2 nitrogen and oxygen atoms in total. The Bertz CT molecular complexity index is 600. The predicted octanol–water partition coefficient (Wildman–Crippen LogP) is 13.3. The first-order valence-electron chi connectivity index (χ1n) is 19.2. The number of rotatable bonds is 20. The van der Waals surface area contributed by atoms with Crippen molar-refractivity contribution in [3.05, 3.63) is 0 Å². The summed E-state index contributed by atoms with van der Waals surface area (Å²) >= 11 is 0. The molecule has 0 aromatic carbocycles. The Labute approximate surface area is 272 Å². The molecule has 0 atom stereocenters. The lowest BCUT2D eigenvalue weighted by atomic mass is 10.0. The fraction of sp³-hybridized carbons (Fsp3) is 0.949. The Balaban J connectivity index is 0.000000992. The van der Waals surface area contributed by atoms with E-state index in [-0.39, 0.29) is 0 Å². The molecule has 43 heavy (non-hydrogen) atoms. The van der Waals surface area contributed by atoms with Crippen molar-refractivity contribution in [2.75, 3.05) is 37.0 Å². The summed E-state index contributed by atoms with van der Waals surface area (Å²) in [6, 6.07) is 3.50. The van der Waals surface area contributed by atoms with E-state index in [4.69, 9.17) is 10.5 Å². The van der Waals surface area contributed by atoms with Crippen molar-refractivity contribution in [2.45, 2.75) is 174 Å². The minimum atomic E-state index is 0.338. The summed E-state index contributed by atoms with van der Waals surface area (Å²) in [5.74, 6) is 4.46. The van der Waals surface area contributed by atoms with Gasteiger partial charge < -0.3 is 0 Å². The van der Waals surface area contributed by atoms with Crippen molar-refractivity contribution in [3.63, 3.8) is 0 Å². The van der Waals surface area contributed by atoms with E-state index in [9.17, 15) is 0 Å². The highest BCUT2D eigenvalue weighted by Gasteiger charge is 2.20. The Hall–Kier alpha value is -0.160. The smallest absolute Gasteiger partial charge is 0.0587 e. The first-order valence-corrected chi connectivity index (χ1v) is 23.0. The molecular formula is C39H72N2P2. The van der Waals surface area contributed by atoms with Gasteiger partial charge in [0.1, 0.15) is 0 Å². The molecular weight excluding hydrogens is 558 g/mol. The number of hydrogen-bond donors (Lipinski definition) is 0. The fourth-order valence-electron chi connectivity index (χ4n) is 8.80. The van der Waals surface area contributed by atoms with Gasteiger partial charge in [-0.25, -0.2) is 0 Å². The second kappa shape index (κ2) is 27.0. The first kappa shape index (κ1) is 39.0. The van der Waals surface area contributed by atoms with Crippen LogP contribution >= 0.6 is 15.8 Å². The molecule has 4 aliphatic rings. The summed E-state index contributed by atoms with van der Waals surface area (Å²) < 4.78 is 0. The van der Waals surface area contributed by atoms with Gasteiger partial charge in [0.2, 0.25) is 0 Å². The van der Waals surface area contributed by atoms with Gasteiger partial charge in [0.25, 0.3) is 0 Å². The third-order valence-corrected chi connectivity index (χ3v) is 16.9. The zero-order valence-electron chi connectivity index (χ0n) is 29.0. The highest BCUT2D eigenvalue weighted by Crippen LogP contribution is 2.45. The van der Waals surface area contributed by atoms with Crippen LogP contribution in [0.15, 0.2) is 0 Å². The SMILES string of the molecule is C1CCC(CCCP(CCCC2CCCC2)CCCP(CCCC2CCCC2)CCCC2CCCC2)C1.CC#N.CC#N. The van der Waals surface area contributed by atoms with Gasteiger partial charge in [-0.3, -0.25) is 0 Å². The van der Waals surface area contributed by atoms with Crippen LogP contribution in [0.2, 0.25) is 0 Å².